The van der Waals surface area contributed by atoms with Gasteiger partial charge in [0.15, 0.2) is 0 Å². The molecular formula is C14H25NO. The summed E-state index contributed by atoms with van der Waals surface area (Å²) in [4.78, 5) is 14.4. The molecule has 1 heterocycles. The van der Waals surface area contributed by atoms with Crippen LogP contribution in [0.1, 0.15) is 52.4 Å². The van der Waals surface area contributed by atoms with E-state index in [2.05, 4.69) is 18.7 Å². The average Bonchev–Trinajstić information content (AvgIpc) is 2.74. The third kappa shape index (κ3) is 3.07. The number of likely N-dealkylation sites (tertiary alicyclic amines) is 1. The van der Waals surface area contributed by atoms with Gasteiger partial charge in [0, 0.05) is 5.92 Å². The van der Waals surface area contributed by atoms with E-state index in [1.54, 1.807) is 0 Å². The summed E-state index contributed by atoms with van der Waals surface area (Å²) in [6.07, 6.45) is 7.32. The highest BCUT2D eigenvalue weighted by Crippen LogP contribution is 2.30. The number of ketones is 1. The highest BCUT2D eigenvalue weighted by atomic mass is 16.1. The first-order valence-electron chi connectivity index (χ1n) is 6.82. The maximum Gasteiger partial charge on any atom is 0.149 e. The van der Waals surface area contributed by atoms with Crippen LogP contribution in [0.25, 0.3) is 0 Å². The molecule has 0 N–H and O–H groups in total. The van der Waals surface area contributed by atoms with E-state index in [1.807, 2.05) is 0 Å². The molecule has 1 aliphatic heterocycles. The molecule has 2 nitrogen and oxygen atoms in total. The molecule has 16 heavy (non-hydrogen) atoms. The SMILES string of the molecule is CC1(C)CCN(CC(=O)C2CCCC2)CC1. The van der Waals surface area contributed by atoms with Gasteiger partial charge < -0.3 is 0 Å². The van der Waals surface area contributed by atoms with Gasteiger partial charge in [-0.1, -0.05) is 26.7 Å². The maximum absolute atomic E-state index is 12.0. The van der Waals surface area contributed by atoms with Gasteiger partial charge in [-0.3, -0.25) is 9.69 Å². The Morgan fingerprint density at radius 1 is 1.19 bits per heavy atom. The van der Waals surface area contributed by atoms with Gasteiger partial charge in [-0.05, 0) is 44.2 Å². The lowest BCUT2D eigenvalue weighted by Crippen LogP contribution is -2.41. The van der Waals surface area contributed by atoms with E-state index in [9.17, 15) is 4.79 Å². The predicted molar refractivity (Wildman–Crippen MR) is 66.4 cm³/mol. The lowest BCUT2D eigenvalue weighted by atomic mass is 9.82. The fraction of sp³-hybridized carbons (Fsp3) is 0.929. The smallest absolute Gasteiger partial charge is 0.149 e. The van der Waals surface area contributed by atoms with Crippen LogP contribution in [-0.4, -0.2) is 30.3 Å². The zero-order valence-electron chi connectivity index (χ0n) is 10.8. The van der Waals surface area contributed by atoms with Crippen molar-refractivity contribution in [1.82, 2.24) is 4.90 Å². The molecule has 0 unspecified atom stereocenters. The summed E-state index contributed by atoms with van der Waals surface area (Å²) in [5.74, 6) is 0.909. The van der Waals surface area contributed by atoms with Gasteiger partial charge in [0.2, 0.25) is 0 Å². The van der Waals surface area contributed by atoms with Crippen LogP contribution in [0.3, 0.4) is 0 Å². The molecule has 0 atom stereocenters. The molecule has 2 aliphatic rings. The van der Waals surface area contributed by atoms with E-state index in [0.717, 1.165) is 32.5 Å². The Bertz CT molecular complexity index is 243. The van der Waals surface area contributed by atoms with Crippen LogP contribution < -0.4 is 0 Å². The molecule has 0 spiro atoms. The van der Waals surface area contributed by atoms with Crippen LogP contribution in [0.2, 0.25) is 0 Å². The topological polar surface area (TPSA) is 20.3 Å². The fourth-order valence-electron chi connectivity index (χ4n) is 2.91. The molecule has 0 aromatic heterocycles. The van der Waals surface area contributed by atoms with Crippen LogP contribution in [0.15, 0.2) is 0 Å². The van der Waals surface area contributed by atoms with Crippen molar-refractivity contribution in [3.05, 3.63) is 0 Å². The Balaban J connectivity index is 1.76. The predicted octanol–water partition coefficient (Wildman–Crippen LogP) is 2.87. The highest BCUT2D eigenvalue weighted by molar-refractivity contribution is 5.83. The van der Waals surface area contributed by atoms with Crippen LogP contribution in [-0.2, 0) is 4.79 Å². The molecular weight excluding hydrogens is 198 g/mol. The van der Waals surface area contributed by atoms with Crippen molar-refractivity contribution in [1.29, 1.82) is 0 Å². The molecule has 0 amide bonds. The number of carbonyl (C=O) groups is 1. The number of hydrogen-bond acceptors (Lipinski definition) is 2. The molecule has 0 aromatic carbocycles. The van der Waals surface area contributed by atoms with Crippen molar-refractivity contribution < 1.29 is 4.79 Å². The molecule has 0 aromatic rings. The second-order valence-corrected chi connectivity index (χ2v) is 6.39. The van der Waals surface area contributed by atoms with Crippen molar-refractivity contribution in [3.8, 4) is 0 Å². The Kier molecular flexibility index (Phi) is 3.68. The minimum absolute atomic E-state index is 0.398. The van der Waals surface area contributed by atoms with Gasteiger partial charge in [-0.2, -0.15) is 0 Å². The van der Waals surface area contributed by atoms with Gasteiger partial charge in [-0.15, -0.1) is 0 Å². The molecule has 0 radical (unpaired) electrons. The lowest BCUT2D eigenvalue weighted by molar-refractivity contribution is -0.124. The van der Waals surface area contributed by atoms with Crippen molar-refractivity contribution in [3.63, 3.8) is 0 Å². The van der Waals surface area contributed by atoms with Gasteiger partial charge in [0.05, 0.1) is 6.54 Å². The second-order valence-electron chi connectivity index (χ2n) is 6.39. The molecule has 2 heteroatoms. The van der Waals surface area contributed by atoms with Gasteiger partial charge in [-0.25, -0.2) is 0 Å². The van der Waals surface area contributed by atoms with Crippen LogP contribution in [0.5, 0.6) is 0 Å². The average molecular weight is 223 g/mol. The third-order valence-corrected chi connectivity index (χ3v) is 4.40. The van der Waals surface area contributed by atoms with Gasteiger partial charge in [0.25, 0.3) is 0 Å². The quantitative estimate of drug-likeness (QED) is 0.733. The molecule has 2 rings (SSSR count). The van der Waals surface area contributed by atoms with Crippen LogP contribution >= 0.6 is 0 Å². The number of piperidine rings is 1. The van der Waals surface area contributed by atoms with E-state index in [-0.39, 0.29) is 0 Å². The summed E-state index contributed by atoms with van der Waals surface area (Å²) in [7, 11) is 0. The van der Waals surface area contributed by atoms with Gasteiger partial charge in [0.1, 0.15) is 5.78 Å². The van der Waals surface area contributed by atoms with E-state index >= 15 is 0 Å². The zero-order chi connectivity index (χ0) is 11.6. The summed E-state index contributed by atoms with van der Waals surface area (Å²) < 4.78 is 0. The molecule has 92 valence electrons. The number of hydrogen-bond donors (Lipinski definition) is 0. The Labute approximate surface area is 99.4 Å². The molecule has 2 fully saturated rings. The monoisotopic (exact) mass is 223 g/mol. The number of nitrogens with zero attached hydrogens (tertiary/aromatic N) is 1. The number of Topliss-reactive ketones (excluding diaryl/α,β-unsaturated/α-hetero) is 1. The molecule has 1 saturated carbocycles. The first-order chi connectivity index (χ1) is 7.57. The van der Waals surface area contributed by atoms with Crippen molar-refractivity contribution in [2.75, 3.05) is 19.6 Å². The third-order valence-electron chi connectivity index (χ3n) is 4.40. The summed E-state index contributed by atoms with van der Waals surface area (Å²) in [5.41, 5.74) is 0.493. The Morgan fingerprint density at radius 3 is 2.31 bits per heavy atom. The molecule has 0 bridgehead atoms. The summed E-state index contributed by atoms with van der Waals surface area (Å²) >= 11 is 0. The Hall–Kier alpha value is -0.370. The number of carbonyl (C=O) groups excluding carboxylic acids is 1. The van der Waals surface area contributed by atoms with E-state index in [4.69, 9.17) is 0 Å². The van der Waals surface area contributed by atoms with E-state index in [1.165, 1.54) is 25.7 Å². The van der Waals surface area contributed by atoms with E-state index < -0.39 is 0 Å². The first kappa shape index (κ1) is 12.1. The van der Waals surface area contributed by atoms with Crippen molar-refractivity contribution in [2.45, 2.75) is 52.4 Å². The molecule has 1 aliphatic carbocycles. The summed E-state index contributed by atoms with van der Waals surface area (Å²) in [6.45, 7) is 7.63. The van der Waals surface area contributed by atoms with Crippen LogP contribution in [0.4, 0.5) is 0 Å². The summed E-state index contributed by atoms with van der Waals surface area (Å²) in [6, 6.07) is 0. The van der Waals surface area contributed by atoms with Crippen LogP contribution in [0, 0.1) is 11.3 Å². The maximum atomic E-state index is 12.0. The second kappa shape index (κ2) is 4.87. The number of rotatable bonds is 3. The standard InChI is InChI=1S/C14H25NO/c1-14(2)7-9-15(10-8-14)11-13(16)12-5-3-4-6-12/h12H,3-11H2,1-2H3. The zero-order valence-corrected chi connectivity index (χ0v) is 10.8. The Morgan fingerprint density at radius 2 is 1.75 bits per heavy atom. The highest BCUT2D eigenvalue weighted by Gasteiger charge is 2.28. The largest absolute Gasteiger partial charge is 0.298 e. The fourth-order valence-corrected chi connectivity index (χ4v) is 2.91. The normalized spacial score (nSPS) is 27.1. The van der Waals surface area contributed by atoms with E-state index in [0.29, 0.717) is 17.1 Å². The van der Waals surface area contributed by atoms with Crippen molar-refractivity contribution >= 4 is 5.78 Å². The first-order valence-corrected chi connectivity index (χ1v) is 6.82. The minimum Gasteiger partial charge on any atom is -0.298 e. The van der Waals surface area contributed by atoms with Crippen molar-refractivity contribution in [2.24, 2.45) is 11.3 Å². The van der Waals surface area contributed by atoms with Gasteiger partial charge >= 0.3 is 0 Å². The summed E-state index contributed by atoms with van der Waals surface area (Å²) in [5, 5.41) is 0. The molecule has 1 saturated heterocycles. The minimum atomic E-state index is 0.398. The lowest BCUT2D eigenvalue weighted by Gasteiger charge is -2.36.